The van der Waals surface area contributed by atoms with Gasteiger partial charge in [-0.15, -0.1) is 0 Å². The van der Waals surface area contributed by atoms with Crippen LogP contribution in [0.3, 0.4) is 0 Å². The predicted octanol–water partition coefficient (Wildman–Crippen LogP) is 0.801. The van der Waals surface area contributed by atoms with E-state index in [9.17, 15) is 0 Å². The standard InChI is InChI=1S/C11H22N2O/c1-3-4-12-7-10(2)13-5-6-14-9-11(13)8-12/h10-11H,3-9H2,1-2H3/t10-,11?/m1/s1. The molecule has 0 N–H and O–H groups in total. The molecule has 0 aliphatic carbocycles. The molecule has 2 aliphatic heterocycles. The van der Waals surface area contributed by atoms with Crippen molar-refractivity contribution < 1.29 is 4.74 Å². The molecule has 0 aromatic rings. The number of fused-ring (bicyclic) bond motifs is 1. The molecule has 0 bridgehead atoms. The van der Waals surface area contributed by atoms with Crippen molar-refractivity contribution in [2.24, 2.45) is 0 Å². The Bertz CT molecular complexity index is 186. The van der Waals surface area contributed by atoms with E-state index in [2.05, 4.69) is 23.6 Å². The van der Waals surface area contributed by atoms with E-state index in [4.69, 9.17) is 4.74 Å². The maximum Gasteiger partial charge on any atom is 0.0635 e. The fourth-order valence-electron chi connectivity index (χ4n) is 2.76. The fourth-order valence-corrected chi connectivity index (χ4v) is 2.76. The normalized spacial score (nSPS) is 35.6. The molecule has 0 aromatic carbocycles. The lowest BCUT2D eigenvalue weighted by molar-refractivity contribution is -0.0679. The van der Waals surface area contributed by atoms with Crippen LogP contribution in [0.25, 0.3) is 0 Å². The Labute approximate surface area is 87.0 Å². The van der Waals surface area contributed by atoms with Crippen molar-refractivity contribution in [3.8, 4) is 0 Å². The number of hydrogen-bond acceptors (Lipinski definition) is 3. The number of ether oxygens (including phenoxy) is 1. The number of nitrogens with zero attached hydrogens (tertiary/aromatic N) is 2. The molecule has 1 unspecified atom stereocenters. The number of morpholine rings is 1. The third-order valence-corrected chi connectivity index (χ3v) is 3.37. The molecule has 0 aromatic heterocycles. The van der Waals surface area contributed by atoms with Crippen LogP contribution in [0.15, 0.2) is 0 Å². The Hall–Kier alpha value is -0.120. The third-order valence-electron chi connectivity index (χ3n) is 3.37. The van der Waals surface area contributed by atoms with Crippen LogP contribution in [0.5, 0.6) is 0 Å². The summed E-state index contributed by atoms with van der Waals surface area (Å²) in [7, 11) is 0. The zero-order chi connectivity index (χ0) is 9.97. The highest BCUT2D eigenvalue weighted by molar-refractivity contribution is 4.88. The van der Waals surface area contributed by atoms with Gasteiger partial charge in [-0.05, 0) is 19.9 Å². The molecule has 2 atom stereocenters. The second kappa shape index (κ2) is 4.60. The summed E-state index contributed by atoms with van der Waals surface area (Å²) < 4.78 is 5.55. The van der Waals surface area contributed by atoms with E-state index in [1.165, 1.54) is 26.1 Å². The first-order valence-corrected chi connectivity index (χ1v) is 5.87. The maximum absolute atomic E-state index is 5.55. The van der Waals surface area contributed by atoms with Gasteiger partial charge in [0, 0.05) is 31.7 Å². The van der Waals surface area contributed by atoms with Crippen molar-refractivity contribution in [3.05, 3.63) is 0 Å². The highest BCUT2D eigenvalue weighted by Gasteiger charge is 2.33. The predicted molar refractivity (Wildman–Crippen MR) is 57.5 cm³/mol. The Balaban J connectivity index is 1.93. The van der Waals surface area contributed by atoms with E-state index in [1.807, 2.05) is 0 Å². The molecule has 2 saturated heterocycles. The molecule has 2 heterocycles. The van der Waals surface area contributed by atoms with Crippen LogP contribution >= 0.6 is 0 Å². The molecule has 2 aliphatic rings. The molecule has 0 radical (unpaired) electrons. The minimum Gasteiger partial charge on any atom is -0.378 e. The minimum absolute atomic E-state index is 0.652. The third kappa shape index (κ3) is 2.10. The zero-order valence-corrected chi connectivity index (χ0v) is 9.41. The van der Waals surface area contributed by atoms with Gasteiger partial charge in [0.25, 0.3) is 0 Å². The molecule has 0 amide bonds. The lowest BCUT2D eigenvalue weighted by Gasteiger charge is -2.47. The minimum atomic E-state index is 0.652. The summed E-state index contributed by atoms with van der Waals surface area (Å²) in [6.45, 7) is 11.3. The van der Waals surface area contributed by atoms with Crippen LogP contribution in [0.4, 0.5) is 0 Å². The second-order valence-electron chi connectivity index (χ2n) is 4.58. The smallest absolute Gasteiger partial charge is 0.0635 e. The molecule has 14 heavy (non-hydrogen) atoms. The van der Waals surface area contributed by atoms with E-state index in [0.29, 0.717) is 12.1 Å². The molecule has 0 spiro atoms. The summed E-state index contributed by atoms with van der Waals surface area (Å²) in [5, 5.41) is 0. The Morgan fingerprint density at radius 3 is 3.00 bits per heavy atom. The summed E-state index contributed by atoms with van der Waals surface area (Å²) in [5.74, 6) is 0. The molecular weight excluding hydrogens is 176 g/mol. The highest BCUT2D eigenvalue weighted by Crippen LogP contribution is 2.18. The Kier molecular flexibility index (Phi) is 3.42. The van der Waals surface area contributed by atoms with Gasteiger partial charge in [-0.3, -0.25) is 4.90 Å². The Morgan fingerprint density at radius 1 is 1.36 bits per heavy atom. The zero-order valence-electron chi connectivity index (χ0n) is 9.41. The van der Waals surface area contributed by atoms with E-state index < -0.39 is 0 Å². The molecule has 3 heteroatoms. The second-order valence-corrected chi connectivity index (χ2v) is 4.58. The number of rotatable bonds is 2. The lowest BCUT2D eigenvalue weighted by atomic mass is 10.1. The fraction of sp³-hybridized carbons (Fsp3) is 1.00. The van der Waals surface area contributed by atoms with Gasteiger partial charge in [0.05, 0.1) is 13.2 Å². The van der Waals surface area contributed by atoms with Crippen molar-refractivity contribution in [2.45, 2.75) is 32.4 Å². The molecule has 82 valence electrons. The van der Waals surface area contributed by atoms with Gasteiger partial charge in [-0.25, -0.2) is 0 Å². The first kappa shape index (κ1) is 10.4. The van der Waals surface area contributed by atoms with Crippen LogP contribution in [0, 0.1) is 0 Å². The highest BCUT2D eigenvalue weighted by atomic mass is 16.5. The van der Waals surface area contributed by atoms with Gasteiger partial charge in [0.15, 0.2) is 0 Å². The monoisotopic (exact) mass is 198 g/mol. The quantitative estimate of drug-likeness (QED) is 0.653. The lowest BCUT2D eigenvalue weighted by Crippen LogP contribution is -2.61. The van der Waals surface area contributed by atoms with Crippen LogP contribution < -0.4 is 0 Å². The van der Waals surface area contributed by atoms with Crippen molar-refractivity contribution >= 4 is 0 Å². The molecular formula is C11H22N2O. The van der Waals surface area contributed by atoms with Gasteiger partial charge < -0.3 is 9.64 Å². The SMILES string of the molecule is CCCN1CC2COCCN2[C@H](C)C1. The number of piperazine rings is 1. The van der Waals surface area contributed by atoms with E-state index >= 15 is 0 Å². The summed E-state index contributed by atoms with van der Waals surface area (Å²) in [6, 6.07) is 1.36. The Morgan fingerprint density at radius 2 is 2.21 bits per heavy atom. The van der Waals surface area contributed by atoms with Gasteiger partial charge >= 0.3 is 0 Å². The average Bonchev–Trinajstić information content (AvgIpc) is 2.18. The van der Waals surface area contributed by atoms with Gasteiger partial charge in [0.1, 0.15) is 0 Å². The maximum atomic E-state index is 5.55. The van der Waals surface area contributed by atoms with Crippen molar-refractivity contribution in [2.75, 3.05) is 39.4 Å². The van der Waals surface area contributed by atoms with E-state index in [1.54, 1.807) is 0 Å². The molecule has 2 fully saturated rings. The summed E-state index contributed by atoms with van der Waals surface area (Å²) in [4.78, 5) is 5.20. The van der Waals surface area contributed by atoms with Crippen molar-refractivity contribution in [1.29, 1.82) is 0 Å². The summed E-state index contributed by atoms with van der Waals surface area (Å²) in [6.07, 6.45) is 1.26. The number of hydrogen-bond donors (Lipinski definition) is 0. The molecule has 3 nitrogen and oxygen atoms in total. The van der Waals surface area contributed by atoms with E-state index in [-0.39, 0.29) is 0 Å². The summed E-state index contributed by atoms with van der Waals surface area (Å²) in [5.41, 5.74) is 0. The average molecular weight is 198 g/mol. The van der Waals surface area contributed by atoms with Gasteiger partial charge in [-0.1, -0.05) is 6.92 Å². The van der Waals surface area contributed by atoms with Crippen LogP contribution in [-0.4, -0.2) is 61.3 Å². The van der Waals surface area contributed by atoms with Crippen LogP contribution in [0.1, 0.15) is 20.3 Å². The topological polar surface area (TPSA) is 15.7 Å². The molecule has 2 rings (SSSR count). The largest absolute Gasteiger partial charge is 0.378 e. The van der Waals surface area contributed by atoms with Gasteiger partial charge in [0.2, 0.25) is 0 Å². The van der Waals surface area contributed by atoms with Crippen molar-refractivity contribution in [1.82, 2.24) is 9.80 Å². The van der Waals surface area contributed by atoms with Crippen molar-refractivity contribution in [3.63, 3.8) is 0 Å². The van der Waals surface area contributed by atoms with Crippen LogP contribution in [-0.2, 0) is 4.74 Å². The molecule has 0 saturated carbocycles. The van der Waals surface area contributed by atoms with Crippen LogP contribution in [0.2, 0.25) is 0 Å². The summed E-state index contributed by atoms with van der Waals surface area (Å²) >= 11 is 0. The van der Waals surface area contributed by atoms with E-state index in [0.717, 1.165) is 19.8 Å². The van der Waals surface area contributed by atoms with Gasteiger partial charge in [-0.2, -0.15) is 0 Å². The first-order valence-electron chi connectivity index (χ1n) is 5.87. The first-order chi connectivity index (χ1) is 6.81.